The minimum atomic E-state index is -0.725. The first kappa shape index (κ1) is 20.2. The van der Waals surface area contributed by atoms with Gasteiger partial charge >= 0.3 is 5.97 Å². The van der Waals surface area contributed by atoms with E-state index in [0.717, 1.165) is 31.6 Å². The Hall–Kier alpha value is -1.13. The van der Waals surface area contributed by atoms with Gasteiger partial charge in [-0.3, -0.25) is 4.79 Å². The molecule has 2 saturated heterocycles. The molecule has 4 nitrogen and oxygen atoms in total. The van der Waals surface area contributed by atoms with Crippen molar-refractivity contribution in [1.29, 1.82) is 0 Å². The third-order valence-electron chi connectivity index (χ3n) is 5.47. The highest BCUT2D eigenvalue weighted by Crippen LogP contribution is 2.46. The van der Waals surface area contributed by atoms with E-state index in [-0.39, 0.29) is 18.6 Å². The molecule has 0 amide bonds. The summed E-state index contributed by atoms with van der Waals surface area (Å²) in [5.41, 5.74) is 0. The van der Waals surface area contributed by atoms with Crippen molar-refractivity contribution < 1.29 is 19.7 Å². The van der Waals surface area contributed by atoms with Crippen LogP contribution in [0.4, 0.5) is 0 Å². The van der Waals surface area contributed by atoms with Crippen molar-refractivity contribution in [2.45, 2.75) is 89.4 Å². The van der Waals surface area contributed by atoms with Crippen LogP contribution in [0.1, 0.15) is 71.1 Å². The first-order valence-electron chi connectivity index (χ1n) is 9.98. The largest absolute Gasteiger partial charge is 0.481 e. The number of carbonyl (C=O) groups is 1. The number of unbranched alkanes of at least 4 members (excludes halogenated alkanes) is 3. The monoisotopic (exact) mass is 350 g/mol. The number of carboxylic acid groups (broad SMARTS) is 1. The zero-order valence-electron chi connectivity index (χ0n) is 15.5. The number of hydrogen-bond donors (Lipinski definition) is 2. The van der Waals surface area contributed by atoms with E-state index in [1.807, 2.05) is 6.08 Å². The molecule has 4 heteroatoms. The Kier molecular flexibility index (Phi) is 8.70. The molecule has 1 unspecified atom stereocenters. The number of rotatable bonds is 12. The van der Waals surface area contributed by atoms with Crippen LogP contribution >= 0.6 is 0 Å². The van der Waals surface area contributed by atoms with Crippen molar-refractivity contribution >= 4 is 5.97 Å². The van der Waals surface area contributed by atoms with Crippen LogP contribution in [0, 0.1) is 11.8 Å². The van der Waals surface area contributed by atoms with Gasteiger partial charge in [0.1, 0.15) is 0 Å². The van der Waals surface area contributed by atoms with Crippen molar-refractivity contribution in [2.24, 2.45) is 11.8 Å². The Balaban J connectivity index is 1.76. The fraction of sp³-hybridized carbons (Fsp3) is 0.762. The number of ether oxygens (including phenoxy) is 1. The lowest BCUT2D eigenvalue weighted by Crippen LogP contribution is -2.49. The molecule has 1 aliphatic carbocycles. The average Bonchev–Trinajstić information content (AvgIpc) is 2.55. The smallest absolute Gasteiger partial charge is 0.303 e. The Morgan fingerprint density at radius 2 is 2.04 bits per heavy atom. The van der Waals surface area contributed by atoms with Crippen LogP contribution in [0.25, 0.3) is 0 Å². The van der Waals surface area contributed by atoms with E-state index in [1.54, 1.807) is 0 Å². The summed E-state index contributed by atoms with van der Waals surface area (Å²) < 4.78 is 6.14. The van der Waals surface area contributed by atoms with Crippen molar-refractivity contribution in [3.05, 3.63) is 24.3 Å². The number of aliphatic hydroxyl groups is 1. The van der Waals surface area contributed by atoms with Gasteiger partial charge < -0.3 is 14.9 Å². The fourth-order valence-corrected chi connectivity index (χ4v) is 3.85. The molecule has 3 rings (SSSR count). The minimum absolute atomic E-state index is 0.113. The van der Waals surface area contributed by atoms with Crippen LogP contribution in [-0.4, -0.2) is 34.5 Å². The average molecular weight is 350 g/mol. The molecule has 2 N–H and O–H groups in total. The summed E-state index contributed by atoms with van der Waals surface area (Å²) in [6.07, 6.45) is 17.8. The van der Waals surface area contributed by atoms with E-state index >= 15 is 0 Å². The van der Waals surface area contributed by atoms with Gasteiger partial charge in [0.05, 0.1) is 18.3 Å². The van der Waals surface area contributed by atoms with E-state index in [1.165, 1.54) is 25.7 Å². The molecule has 142 valence electrons. The SMILES string of the molecule is CCCCC[C@H](O)C=CC1OC2CC(C2)[C@@H]1CC=CCCCC(=O)O. The molecule has 0 aromatic heterocycles. The van der Waals surface area contributed by atoms with Crippen molar-refractivity contribution in [1.82, 2.24) is 0 Å². The molecular formula is C21H34O4. The van der Waals surface area contributed by atoms with Crippen molar-refractivity contribution in [2.75, 3.05) is 0 Å². The summed E-state index contributed by atoms with van der Waals surface area (Å²) in [7, 11) is 0. The number of allylic oxidation sites excluding steroid dienone is 2. The first-order chi connectivity index (χ1) is 12.1. The van der Waals surface area contributed by atoms with Gasteiger partial charge in [0.15, 0.2) is 0 Å². The van der Waals surface area contributed by atoms with Gasteiger partial charge in [0.2, 0.25) is 0 Å². The lowest BCUT2D eigenvalue weighted by atomic mass is 9.67. The summed E-state index contributed by atoms with van der Waals surface area (Å²) in [5.74, 6) is 0.492. The maximum Gasteiger partial charge on any atom is 0.303 e. The first-order valence-corrected chi connectivity index (χ1v) is 9.98. The quantitative estimate of drug-likeness (QED) is 0.402. The Bertz CT molecular complexity index is 451. The molecule has 0 aromatic rings. The molecule has 2 bridgehead atoms. The molecule has 2 heterocycles. The van der Waals surface area contributed by atoms with Crippen LogP contribution in [0.5, 0.6) is 0 Å². The molecule has 25 heavy (non-hydrogen) atoms. The van der Waals surface area contributed by atoms with Gasteiger partial charge in [-0.05, 0) is 50.4 Å². The molecule has 2 aliphatic heterocycles. The van der Waals surface area contributed by atoms with Crippen LogP contribution in [0.15, 0.2) is 24.3 Å². The number of aliphatic hydroxyl groups excluding tert-OH is 1. The zero-order valence-corrected chi connectivity index (χ0v) is 15.5. The summed E-state index contributed by atoms with van der Waals surface area (Å²) in [6, 6.07) is 0. The highest BCUT2D eigenvalue weighted by atomic mass is 16.5. The minimum Gasteiger partial charge on any atom is -0.481 e. The Morgan fingerprint density at radius 3 is 2.76 bits per heavy atom. The highest BCUT2D eigenvalue weighted by Gasteiger charge is 2.45. The number of carboxylic acids is 1. The van der Waals surface area contributed by atoms with E-state index in [4.69, 9.17) is 9.84 Å². The van der Waals surface area contributed by atoms with Crippen LogP contribution in [0.2, 0.25) is 0 Å². The van der Waals surface area contributed by atoms with Gasteiger partial charge in [-0.2, -0.15) is 0 Å². The molecule has 0 aromatic carbocycles. The summed E-state index contributed by atoms with van der Waals surface area (Å²) in [4.78, 5) is 10.5. The van der Waals surface area contributed by atoms with Gasteiger partial charge in [0.25, 0.3) is 0 Å². The second kappa shape index (κ2) is 10.8. The van der Waals surface area contributed by atoms with E-state index in [2.05, 4.69) is 25.2 Å². The fourth-order valence-electron chi connectivity index (χ4n) is 3.85. The molecule has 3 fully saturated rings. The van der Waals surface area contributed by atoms with Gasteiger partial charge in [-0.25, -0.2) is 0 Å². The van der Waals surface area contributed by atoms with Crippen LogP contribution in [0.3, 0.4) is 0 Å². The van der Waals surface area contributed by atoms with E-state index in [9.17, 15) is 9.90 Å². The van der Waals surface area contributed by atoms with E-state index in [0.29, 0.717) is 18.4 Å². The van der Waals surface area contributed by atoms with Crippen molar-refractivity contribution in [3.63, 3.8) is 0 Å². The maximum absolute atomic E-state index is 10.5. The normalized spacial score (nSPS) is 29.8. The molecule has 3 atom stereocenters. The third kappa shape index (κ3) is 6.95. The molecule has 3 aliphatic rings. The predicted octanol–water partition coefficient (Wildman–Crippen LogP) is 4.48. The molecule has 0 radical (unpaired) electrons. The number of aliphatic carboxylic acids is 1. The van der Waals surface area contributed by atoms with Gasteiger partial charge in [0, 0.05) is 6.42 Å². The molecule has 1 saturated carbocycles. The predicted molar refractivity (Wildman–Crippen MR) is 99.4 cm³/mol. The topological polar surface area (TPSA) is 66.8 Å². The van der Waals surface area contributed by atoms with Crippen LogP contribution < -0.4 is 0 Å². The second-order valence-electron chi connectivity index (χ2n) is 7.56. The van der Waals surface area contributed by atoms with Crippen LogP contribution in [-0.2, 0) is 9.53 Å². The highest BCUT2D eigenvalue weighted by molar-refractivity contribution is 5.66. The van der Waals surface area contributed by atoms with Gasteiger partial charge in [-0.1, -0.05) is 50.5 Å². The van der Waals surface area contributed by atoms with Gasteiger partial charge in [-0.15, -0.1) is 0 Å². The zero-order chi connectivity index (χ0) is 18.1. The summed E-state index contributed by atoms with van der Waals surface area (Å²) in [5, 5.41) is 18.7. The molecular weight excluding hydrogens is 316 g/mol. The summed E-state index contributed by atoms with van der Waals surface area (Å²) in [6.45, 7) is 2.17. The second-order valence-corrected chi connectivity index (χ2v) is 7.56. The summed E-state index contributed by atoms with van der Waals surface area (Å²) >= 11 is 0. The van der Waals surface area contributed by atoms with E-state index < -0.39 is 5.97 Å². The van der Waals surface area contributed by atoms with Crippen molar-refractivity contribution in [3.8, 4) is 0 Å². The molecule has 0 spiro atoms. The number of fused-ring (bicyclic) bond motifs is 2. The Morgan fingerprint density at radius 1 is 1.24 bits per heavy atom. The lowest BCUT2D eigenvalue weighted by Gasteiger charge is -2.50. The lowest BCUT2D eigenvalue weighted by molar-refractivity contribution is -0.159. The Labute approximate surface area is 152 Å². The standard InChI is InChI=1S/C21H34O4/c1-2-3-6-9-17(22)12-13-20-19(16-14-18(15-16)25-20)10-7-4-5-8-11-21(23)24/h4,7,12-13,16-20,22H,2-3,5-6,8-11,14-15H2,1H3,(H,23,24)/t16?,17-,18?,19-,20?/m0/s1. The maximum atomic E-state index is 10.5. The number of hydrogen-bond acceptors (Lipinski definition) is 3. The third-order valence-corrected chi connectivity index (χ3v) is 5.47.